The lowest BCUT2D eigenvalue weighted by molar-refractivity contribution is 0.0540. The molecule has 16 heteroatoms. The van der Waals surface area contributed by atoms with Crippen molar-refractivity contribution in [3.05, 3.63) is 93.4 Å². The predicted octanol–water partition coefficient (Wildman–Crippen LogP) is 8.66. The van der Waals surface area contributed by atoms with E-state index in [9.17, 15) is 28.8 Å². The van der Waals surface area contributed by atoms with Gasteiger partial charge >= 0.3 is 0 Å². The molecule has 6 amide bonds. The van der Waals surface area contributed by atoms with Crippen LogP contribution in [0.4, 0.5) is 0 Å². The highest BCUT2D eigenvalue weighted by Gasteiger charge is 2.46. The largest absolute Gasteiger partial charge is 0.269 e. The van der Waals surface area contributed by atoms with E-state index in [-0.39, 0.29) is 33.4 Å². The van der Waals surface area contributed by atoms with Crippen molar-refractivity contribution in [3.63, 3.8) is 0 Å². The van der Waals surface area contributed by atoms with Crippen molar-refractivity contribution in [3.8, 4) is 0 Å². The van der Waals surface area contributed by atoms with E-state index < -0.39 is 35.4 Å². The minimum atomic E-state index is -0.917. The molecule has 5 rings (SSSR count). The third-order valence-corrected chi connectivity index (χ3v) is 15.5. The van der Waals surface area contributed by atoms with E-state index in [1.807, 2.05) is 0 Å². The summed E-state index contributed by atoms with van der Waals surface area (Å²) < 4.78 is 3.09. The molecule has 8 nitrogen and oxygen atoms in total. The number of amides is 6. The van der Waals surface area contributed by atoms with Gasteiger partial charge in [-0.3, -0.25) is 28.8 Å². The Labute approximate surface area is 291 Å². The van der Waals surface area contributed by atoms with Crippen molar-refractivity contribution < 1.29 is 28.8 Å². The van der Waals surface area contributed by atoms with E-state index in [0.29, 0.717) is 45.6 Å². The van der Waals surface area contributed by atoms with Crippen LogP contribution in [0.2, 0.25) is 0 Å². The maximum absolute atomic E-state index is 13.3. The first-order valence-corrected chi connectivity index (χ1v) is 16.7. The Morgan fingerprint density at radius 1 is 0.400 bits per heavy atom. The highest BCUT2D eigenvalue weighted by molar-refractivity contribution is 9.15. The Hall–Kier alpha value is -0.880. The molecule has 0 aromatic heterocycles. The summed E-state index contributed by atoms with van der Waals surface area (Å²) in [7, 11) is 0. The quantitative estimate of drug-likeness (QED) is 0.145. The van der Waals surface area contributed by atoms with Crippen LogP contribution in [-0.4, -0.2) is 45.2 Å². The Kier molecular flexibility index (Phi) is 8.40. The van der Waals surface area contributed by atoms with E-state index in [1.54, 1.807) is 0 Å². The van der Waals surface area contributed by atoms with E-state index in [4.69, 9.17) is 0 Å². The zero-order valence-corrected chi connectivity index (χ0v) is 31.4. The molecule has 0 saturated carbocycles. The highest BCUT2D eigenvalue weighted by atomic mass is 79.9. The van der Waals surface area contributed by atoms with Gasteiger partial charge in [0.2, 0.25) is 0 Å². The lowest BCUT2D eigenvalue weighted by Gasteiger charge is -2.14. The van der Waals surface area contributed by atoms with Crippen LogP contribution in [0.5, 0.6) is 0 Å². The summed E-state index contributed by atoms with van der Waals surface area (Å²) in [6, 6.07) is 4.91. The molecule has 2 aliphatic rings. The lowest BCUT2D eigenvalue weighted by atomic mass is 10.1. The first-order chi connectivity index (χ1) is 18.7. The Morgan fingerprint density at radius 2 is 0.600 bits per heavy atom. The number of halogens is 8. The monoisotopic (exact) mass is 1050 g/mol. The molecule has 0 bridgehead atoms. The van der Waals surface area contributed by atoms with Gasteiger partial charge in [0.05, 0.1) is 22.3 Å². The molecule has 202 valence electrons. The number of fused-ring (bicyclic) bond motifs is 2. The van der Waals surface area contributed by atoms with Crippen molar-refractivity contribution in [2.75, 3.05) is 0 Å². The van der Waals surface area contributed by atoms with Crippen LogP contribution in [0.25, 0.3) is 0 Å². The second-order valence-corrected chi connectivity index (χ2v) is 14.4. The Balaban J connectivity index is 1.45. The predicted molar refractivity (Wildman–Crippen MR) is 171 cm³/mol. The van der Waals surface area contributed by atoms with Gasteiger partial charge in [0.15, 0.2) is 0 Å². The zero-order chi connectivity index (χ0) is 29.5. The molecular weight excluding hydrogens is 1050 g/mol. The maximum Gasteiger partial charge on any atom is 0.269 e. The number of rotatable bonds is 2. The van der Waals surface area contributed by atoms with Gasteiger partial charge in [-0.05, 0) is 152 Å². The van der Waals surface area contributed by atoms with Gasteiger partial charge in [-0.25, -0.2) is 9.80 Å². The smallest absolute Gasteiger partial charge is 0.268 e. The first-order valence-electron chi connectivity index (χ1n) is 10.4. The summed E-state index contributed by atoms with van der Waals surface area (Å²) in [6.45, 7) is 0. The fourth-order valence-electron chi connectivity index (χ4n) is 4.08. The van der Waals surface area contributed by atoms with Crippen LogP contribution in [0.1, 0.15) is 62.1 Å². The highest BCUT2D eigenvalue weighted by Crippen LogP contribution is 2.47. The number of benzene rings is 3. The van der Waals surface area contributed by atoms with Crippen LogP contribution in [0, 0.1) is 0 Å². The van der Waals surface area contributed by atoms with Crippen molar-refractivity contribution in [1.29, 1.82) is 0 Å². The van der Waals surface area contributed by atoms with Gasteiger partial charge in [-0.2, -0.15) is 0 Å². The lowest BCUT2D eigenvalue weighted by Crippen LogP contribution is -2.37. The van der Waals surface area contributed by atoms with Gasteiger partial charge < -0.3 is 0 Å². The molecule has 0 unspecified atom stereocenters. The van der Waals surface area contributed by atoms with Crippen LogP contribution >= 0.6 is 127 Å². The number of hydrogen-bond donors (Lipinski definition) is 0. The standard InChI is InChI=1S/C24H4Br8N2O6/c25-11-7-8(12(26)16(30)15(11)29)22(38)33(21(7)37)19(35)5-1-2-6(4-3-5)20(36)34-23(39)9-10(24(34)40)14(28)18(32)17(31)13(9)27/h1-4H. The number of carbonyl (C=O) groups excluding carboxylic acids is 6. The van der Waals surface area contributed by atoms with Gasteiger partial charge in [0, 0.05) is 46.9 Å². The minimum Gasteiger partial charge on any atom is -0.268 e. The number of carbonyl (C=O) groups is 6. The molecule has 2 aliphatic heterocycles. The van der Waals surface area contributed by atoms with E-state index in [1.165, 1.54) is 24.3 Å². The van der Waals surface area contributed by atoms with Gasteiger partial charge in [-0.15, -0.1) is 0 Å². The molecule has 2 heterocycles. The van der Waals surface area contributed by atoms with E-state index >= 15 is 0 Å². The van der Waals surface area contributed by atoms with Crippen LogP contribution in [0.15, 0.2) is 60.0 Å². The summed E-state index contributed by atoms with van der Waals surface area (Å²) in [5.74, 6) is -5.15. The van der Waals surface area contributed by atoms with E-state index in [2.05, 4.69) is 127 Å². The molecule has 0 N–H and O–H groups in total. The zero-order valence-electron chi connectivity index (χ0n) is 18.7. The molecular formula is C24H4Br8N2O6. The Bertz CT molecular complexity index is 1580. The minimum absolute atomic E-state index is 0.00770. The first kappa shape index (κ1) is 30.6. The van der Waals surface area contributed by atoms with E-state index in [0.717, 1.165) is 0 Å². The van der Waals surface area contributed by atoms with Gasteiger partial charge in [-0.1, -0.05) is 0 Å². The van der Waals surface area contributed by atoms with Crippen molar-refractivity contribution >= 4 is 163 Å². The van der Waals surface area contributed by atoms with Crippen molar-refractivity contribution in [2.24, 2.45) is 0 Å². The summed E-state index contributed by atoms with van der Waals surface area (Å²) in [5.41, 5.74) is -0.113. The SMILES string of the molecule is O=C(c1ccc(C(=O)N2C(=O)c3c(Br)c(Br)c(Br)c(Br)c3C2=O)cc1)N1C(=O)c2c(Br)c(Br)c(Br)c(Br)c2C1=O. The average Bonchev–Trinajstić information content (AvgIpc) is 3.35. The number of imide groups is 6. The van der Waals surface area contributed by atoms with Crippen molar-refractivity contribution in [2.45, 2.75) is 0 Å². The molecule has 40 heavy (non-hydrogen) atoms. The summed E-state index contributed by atoms with van der Waals surface area (Å²) in [5, 5.41) is 0. The normalized spacial score (nSPS) is 14.3. The van der Waals surface area contributed by atoms with Gasteiger partial charge in [0.1, 0.15) is 0 Å². The fourth-order valence-corrected chi connectivity index (χ4v) is 9.00. The topological polar surface area (TPSA) is 109 Å². The second kappa shape index (κ2) is 11.0. The second-order valence-electron chi connectivity index (χ2n) is 8.09. The third-order valence-electron chi connectivity index (χ3n) is 5.99. The average molecular weight is 1060 g/mol. The van der Waals surface area contributed by atoms with Crippen molar-refractivity contribution in [1.82, 2.24) is 9.80 Å². The molecule has 3 aromatic carbocycles. The molecule has 3 aromatic rings. The molecule has 0 fully saturated rings. The van der Waals surface area contributed by atoms with Gasteiger partial charge in [0.25, 0.3) is 35.4 Å². The van der Waals surface area contributed by atoms with Crippen LogP contribution in [0.3, 0.4) is 0 Å². The molecule has 0 atom stereocenters. The maximum atomic E-state index is 13.3. The third kappa shape index (κ3) is 4.38. The number of hydrogen-bond acceptors (Lipinski definition) is 6. The summed E-state index contributed by atoms with van der Waals surface area (Å²) in [6.07, 6.45) is 0. The number of nitrogens with zero attached hydrogens (tertiary/aromatic N) is 2. The fraction of sp³-hybridized carbons (Fsp3) is 0. The molecule has 0 spiro atoms. The van der Waals surface area contributed by atoms with Crippen LogP contribution < -0.4 is 0 Å². The Morgan fingerprint density at radius 3 is 0.800 bits per heavy atom. The summed E-state index contributed by atoms with van der Waals surface area (Å²) >= 11 is 26.5. The van der Waals surface area contributed by atoms with Crippen LogP contribution in [-0.2, 0) is 0 Å². The molecule has 0 saturated heterocycles. The summed E-state index contributed by atoms with van der Waals surface area (Å²) in [4.78, 5) is 80.1. The molecule has 0 radical (unpaired) electrons. The molecule has 0 aliphatic carbocycles.